The lowest BCUT2D eigenvalue weighted by Crippen LogP contribution is -2.45. The molecule has 0 aromatic carbocycles. The minimum Gasteiger partial charge on any atom is -0.394 e. The Hall–Kier alpha value is -1.05. The number of hydrogen-bond donors (Lipinski definition) is 3. The van der Waals surface area contributed by atoms with Crippen LogP contribution in [0, 0.1) is 11.8 Å². The van der Waals surface area contributed by atoms with Crippen molar-refractivity contribution in [2.75, 3.05) is 6.61 Å². The van der Waals surface area contributed by atoms with Crippen LogP contribution in [0.25, 0.3) is 0 Å². The SMILES string of the molecule is CCCCCCCCCCCCCC#C[C@@H](O)[C@H](CO)NC(=O)CCCCCCCCCCCCCCC. The highest BCUT2D eigenvalue weighted by Gasteiger charge is 2.18. The highest BCUT2D eigenvalue weighted by molar-refractivity contribution is 5.76. The second-order valence-electron chi connectivity index (χ2n) is 11.4. The first-order chi connectivity index (χ1) is 18.7. The largest absolute Gasteiger partial charge is 0.394 e. The van der Waals surface area contributed by atoms with Crippen LogP contribution in [0.2, 0.25) is 0 Å². The van der Waals surface area contributed by atoms with Gasteiger partial charge in [0.2, 0.25) is 5.91 Å². The third-order valence-corrected chi connectivity index (χ3v) is 7.59. The molecule has 38 heavy (non-hydrogen) atoms. The first-order valence-electron chi connectivity index (χ1n) is 16.7. The Morgan fingerprint density at radius 1 is 0.605 bits per heavy atom. The molecule has 4 heteroatoms. The quantitative estimate of drug-likeness (QED) is 0.0691. The lowest BCUT2D eigenvalue weighted by atomic mass is 10.0. The molecule has 0 aliphatic carbocycles. The zero-order chi connectivity index (χ0) is 27.9. The molecule has 0 aliphatic rings. The standard InChI is InChI=1S/C34H65NO3/c1-3-5-7-9-11-13-15-17-19-21-23-25-27-29-33(37)32(31-36)35-34(38)30-28-26-24-22-20-18-16-14-12-10-8-6-4-2/h32-33,36-37H,3-26,28,30-31H2,1-2H3,(H,35,38)/t32-,33+/m0/s1. The van der Waals surface area contributed by atoms with Gasteiger partial charge in [-0.2, -0.15) is 0 Å². The fourth-order valence-corrected chi connectivity index (χ4v) is 4.96. The first-order valence-corrected chi connectivity index (χ1v) is 16.7. The fourth-order valence-electron chi connectivity index (χ4n) is 4.96. The molecule has 0 spiro atoms. The Morgan fingerprint density at radius 2 is 0.974 bits per heavy atom. The molecule has 1 amide bonds. The average molecular weight is 536 g/mol. The minimum atomic E-state index is -1.01. The molecule has 0 unspecified atom stereocenters. The van der Waals surface area contributed by atoms with E-state index in [1.807, 2.05) is 0 Å². The molecule has 0 bridgehead atoms. The summed E-state index contributed by atoms with van der Waals surface area (Å²) in [6, 6.07) is -0.700. The van der Waals surface area contributed by atoms with Gasteiger partial charge >= 0.3 is 0 Å². The van der Waals surface area contributed by atoms with Crippen molar-refractivity contribution in [2.45, 2.75) is 193 Å². The van der Waals surface area contributed by atoms with E-state index in [-0.39, 0.29) is 12.5 Å². The van der Waals surface area contributed by atoms with Gasteiger partial charge in [0.25, 0.3) is 0 Å². The van der Waals surface area contributed by atoms with Crippen LogP contribution in [0.3, 0.4) is 0 Å². The van der Waals surface area contributed by atoms with Crippen LogP contribution >= 0.6 is 0 Å². The number of aliphatic hydroxyl groups is 2. The molecule has 224 valence electrons. The number of carbonyl (C=O) groups is 1. The number of carbonyl (C=O) groups excluding carboxylic acids is 1. The van der Waals surface area contributed by atoms with E-state index in [4.69, 9.17) is 0 Å². The lowest BCUT2D eigenvalue weighted by Gasteiger charge is -2.18. The maximum Gasteiger partial charge on any atom is 0.220 e. The van der Waals surface area contributed by atoms with Gasteiger partial charge in [0.05, 0.1) is 12.6 Å². The highest BCUT2D eigenvalue weighted by atomic mass is 16.3. The zero-order valence-corrected chi connectivity index (χ0v) is 25.5. The summed E-state index contributed by atoms with van der Waals surface area (Å²) in [4.78, 5) is 12.2. The van der Waals surface area contributed by atoms with Crippen molar-refractivity contribution >= 4 is 5.91 Å². The van der Waals surface area contributed by atoms with E-state index >= 15 is 0 Å². The van der Waals surface area contributed by atoms with Gasteiger partial charge in [0.1, 0.15) is 6.10 Å². The number of hydrogen-bond acceptors (Lipinski definition) is 3. The second-order valence-corrected chi connectivity index (χ2v) is 11.4. The van der Waals surface area contributed by atoms with E-state index in [2.05, 4.69) is 31.0 Å². The number of nitrogens with one attached hydrogen (secondary N) is 1. The summed E-state index contributed by atoms with van der Waals surface area (Å²) >= 11 is 0. The number of rotatable bonds is 28. The molecule has 4 nitrogen and oxygen atoms in total. The van der Waals surface area contributed by atoms with Crippen molar-refractivity contribution in [1.29, 1.82) is 0 Å². The van der Waals surface area contributed by atoms with Gasteiger partial charge in [0, 0.05) is 12.8 Å². The molecule has 0 rings (SSSR count). The lowest BCUT2D eigenvalue weighted by molar-refractivity contribution is -0.122. The van der Waals surface area contributed by atoms with Crippen molar-refractivity contribution in [3.63, 3.8) is 0 Å². The van der Waals surface area contributed by atoms with Gasteiger partial charge in [-0.15, -0.1) is 5.92 Å². The molecular formula is C34H65NO3. The normalized spacial score (nSPS) is 12.6. The molecule has 0 saturated carbocycles. The summed E-state index contributed by atoms with van der Waals surface area (Å²) in [6.45, 7) is 4.23. The molecule has 2 atom stereocenters. The summed E-state index contributed by atoms with van der Waals surface area (Å²) in [5, 5.41) is 22.6. The Kier molecular flexibility index (Phi) is 29.6. The third kappa shape index (κ3) is 26.6. The summed E-state index contributed by atoms with van der Waals surface area (Å²) in [7, 11) is 0. The van der Waals surface area contributed by atoms with Gasteiger partial charge in [-0.05, 0) is 12.8 Å². The fraction of sp³-hybridized carbons (Fsp3) is 0.912. The van der Waals surface area contributed by atoms with Crippen LogP contribution in [-0.2, 0) is 4.79 Å². The minimum absolute atomic E-state index is 0.0988. The van der Waals surface area contributed by atoms with Crippen molar-refractivity contribution in [1.82, 2.24) is 5.32 Å². The maximum atomic E-state index is 12.2. The molecule has 3 N–H and O–H groups in total. The maximum absolute atomic E-state index is 12.2. The topological polar surface area (TPSA) is 69.6 Å². The second kappa shape index (κ2) is 30.5. The van der Waals surface area contributed by atoms with Crippen LogP contribution in [-0.4, -0.2) is 34.9 Å². The first kappa shape index (κ1) is 37.0. The molecule has 0 heterocycles. The number of unbranched alkanes of at least 4 members (excludes halogenated alkanes) is 23. The van der Waals surface area contributed by atoms with Crippen LogP contribution in [0.4, 0.5) is 0 Å². The zero-order valence-electron chi connectivity index (χ0n) is 25.5. The third-order valence-electron chi connectivity index (χ3n) is 7.59. The van der Waals surface area contributed by atoms with Gasteiger partial charge in [-0.25, -0.2) is 0 Å². The molecule has 0 aromatic rings. The van der Waals surface area contributed by atoms with E-state index in [1.54, 1.807) is 0 Å². The van der Waals surface area contributed by atoms with Crippen LogP contribution in [0.15, 0.2) is 0 Å². The summed E-state index contributed by atoms with van der Waals surface area (Å²) < 4.78 is 0. The molecule has 0 aliphatic heterocycles. The highest BCUT2D eigenvalue weighted by Crippen LogP contribution is 2.14. The van der Waals surface area contributed by atoms with Gasteiger partial charge in [-0.1, -0.05) is 161 Å². The van der Waals surface area contributed by atoms with Crippen molar-refractivity contribution in [3.8, 4) is 11.8 Å². The van der Waals surface area contributed by atoms with Gasteiger partial charge in [-0.3, -0.25) is 4.79 Å². The van der Waals surface area contributed by atoms with Crippen LogP contribution < -0.4 is 5.32 Å². The molecule has 0 aromatic heterocycles. The average Bonchev–Trinajstić information content (AvgIpc) is 2.92. The molecule has 0 radical (unpaired) electrons. The number of amides is 1. The van der Waals surface area contributed by atoms with E-state index in [1.165, 1.54) is 135 Å². The monoisotopic (exact) mass is 535 g/mol. The van der Waals surface area contributed by atoms with E-state index < -0.39 is 12.1 Å². The Labute approximate surface area is 237 Å². The van der Waals surface area contributed by atoms with Crippen molar-refractivity contribution in [2.24, 2.45) is 0 Å². The van der Waals surface area contributed by atoms with E-state index in [0.29, 0.717) is 6.42 Å². The predicted octanol–water partition coefficient (Wildman–Crippen LogP) is 9.01. The van der Waals surface area contributed by atoms with Crippen LogP contribution in [0.1, 0.15) is 181 Å². The Bertz CT molecular complexity index is 554. The Balaban J connectivity index is 3.66. The molecular weight excluding hydrogens is 470 g/mol. The smallest absolute Gasteiger partial charge is 0.220 e. The summed E-state index contributed by atoms with van der Waals surface area (Å²) in [5.41, 5.74) is 0. The van der Waals surface area contributed by atoms with E-state index in [9.17, 15) is 15.0 Å². The summed E-state index contributed by atoms with van der Waals surface area (Å²) in [6.07, 6.45) is 31.2. The van der Waals surface area contributed by atoms with Gasteiger partial charge < -0.3 is 15.5 Å². The number of aliphatic hydroxyl groups excluding tert-OH is 2. The van der Waals surface area contributed by atoms with Crippen molar-refractivity contribution in [3.05, 3.63) is 0 Å². The Morgan fingerprint density at radius 3 is 1.37 bits per heavy atom. The molecule has 0 saturated heterocycles. The van der Waals surface area contributed by atoms with Crippen molar-refractivity contribution < 1.29 is 15.0 Å². The van der Waals surface area contributed by atoms with E-state index in [0.717, 1.165) is 25.7 Å². The summed E-state index contributed by atoms with van der Waals surface area (Å²) in [5.74, 6) is 5.76. The molecule has 0 fully saturated rings. The van der Waals surface area contributed by atoms with Gasteiger partial charge in [0.15, 0.2) is 0 Å². The predicted molar refractivity (Wildman–Crippen MR) is 164 cm³/mol. The van der Waals surface area contributed by atoms with Crippen LogP contribution in [0.5, 0.6) is 0 Å².